The summed E-state index contributed by atoms with van der Waals surface area (Å²) in [6, 6.07) is 2.80. The molecule has 0 bridgehead atoms. The first kappa shape index (κ1) is 18.0. The average molecular weight is 446 g/mol. The van der Waals surface area contributed by atoms with Crippen LogP contribution in [0.1, 0.15) is 12.5 Å². The van der Waals surface area contributed by atoms with E-state index in [1.807, 2.05) is 22.6 Å². The zero-order valence-corrected chi connectivity index (χ0v) is 15.1. The van der Waals surface area contributed by atoms with E-state index in [0.29, 0.717) is 20.6 Å². The number of rotatable bonds is 6. The predicted molar refractivity (Wildman–Crippen MR) is 92.5 cm³/mol. The lowest BCUT2D eigenvalue weighted by atomic mass is 10.1. The van der Waals surface area contributed by atoms with E-state index in [-0.39, 0.29) is 18.9 Å². The van der Waals surface area contributed by atoms with Crippen molar-refractivity contribution >= 4 is 46.6 Å². The molecule has 1 aliphatic heterocycles. The fourth-order valence-electron chi connectivity index (χ4n) is 1.95. The molecule has 8 nitrogen and oxygen atoms in total. The second-order valence-electron chi connectivity index (χ2n) is 4.59. The van der Waals surface area contributed by atoms with Crippen LogP contribution in [0.4, 0.5) is 4.79 Å². The molecule has 1 heterocycles. The van der Waals surface area contributed by atoms with Crippen LogP contribution in [0.2, 0.25) is 0 Å². The van der Waals surface area contributed by atoms with Gasteiger partial charge >= 0.3 is 12.0 Å². The first-order valence-electron chi connectivity index (χ1n) is 6.94. The van der Waals surface area contributed by atoms with Crippen molar-refractivity contribution in [3.05, 3.63) is 27.0 Å². The van der Waals surface area contributed by atoms with E-state index in [2.05, 4.69) is 10.6 Å². The highest BCUT2D eigenvalue weighted by molar-refractivity contribution is 14.1. The van der Waals surface area contributed by atoms with Crippen LogP contribution < -0.4 is 20.1 Å². The summed E-state index contributed by atoms with van der Waals surface area (Å²) in [4.78, 5) is 34.1. The van der Waals surface area contributed by atoms with Gasteiger partial charge < -0.3 is 19.5 Å². The minimum absolute atomic E-state index is 0.137. The Morgan fingerprint density at radius 2 is 2.04 bits per heavy atom. The summed E-state index contributed by atoms with van der Waals surface area (Å²) in [6.45, 7) is 1.75. The molecule has 0 radical (unpaired) electrons. The summed E-state index contributed by atoms with van der Waals surface area (Å²) in [5.41, 5.74) is 0.769. The van der Waals surface area contributed by atoms with Crippen LogP contribution >= 0.6 is 22.6 Å². The fourth-order valence-corrected chi connectivity index (χ4v) is 2.73. The Balaban J connectivity index is 2.24. The monoisotopic (exact) mass is 446 g/mol. The van der Waals surface area contributed by atoms with Crippen LogP contribution in [0.5, 0.6) is 11.5 Å². The molecule has 0 spiro atoms. The van der Waals surface area contributed by atoms with E-state index < -0.39 is 17.9 Å². The van der Waals surface area contributed by atoms with Crippen molar-refractivity contribution < 1.29 is 28.6 Å². The van der Waals surface area contributed by atoms with Gasteiger partial charge in [0.05, 0.1) is 17.3 Å². The third-order valence-corrected chi connectivity index (χ3v) is 3.72. The van der Waals surface area contributed by atoms with Crippen LogP contribution in [0, 0.1) is 3.57 Å². The number of methoxy groups -OCH3 is 1. The molecule has 9 heteroatoms. The number of halogens is 1. The van der Waals surface area contributed by atoms with Gasteiger partial charge in [0.15, 0.2) is 18.1 Å². The van der Waals surface area contributed by atoms with Gasteiger partial charge in [0, 0.05) is 0 Å². The molecule has 0 saturated carbocycles. The minimum Gasteiger partial charge on any atom is -0.493 e. The average Bonchev–Trinajstić information content (AvgIpc) is 2.83. The molecule has 1 aromatic rings. The normalized spacial score (nSPS) is 15.0. The van der Waals surface area contributed by atoms with E-state index in [0.717, 1.165) is 0 Å². The van der Waals surface area contributed by atoms with Gasteiger partial charge in [-0.05, 0) is 53.3 Å². The summed E-state index contributed by atoms with van der Waals surface area (Å²) < 4.78 is 16.2. The molecule has 24 heavy (non-hydrogen) atoms. The summed E-state index contributed by atoms with van der Waals surface area (Å²) in [6.07, 6.45) is 1.51. The highest BCUT2D eigenvalue weighted by Crippen LogP contribution is 2.34. The molecule has 2 N–H and O–H groups in total. The molecular formula is C15H15IN2O6. The number of ether oxygens (including phenoxy) is 3. The van der Waals surface area contributed by atoms with Crippen LogP contribution in [0.15, 0.2) is 17.8 Å². The molecule has 2 rings (SSSR count). The molecule has 0 aliphatic carbocycles. The van der Waals surface area contributed by atoms with E-state index in [4.69, 9.17) is 14.2 Å². The molecule has 1 fully saturated rings. The molecule has 128 valence electrons. The van der Waals surface area contributed by atoms with Crippen molar-refractivity contribution in [3.8, 4) is 11.5 Å². The number of nitrogens with one attached hydrogen (secondary N) is 2. The number of urea groups is 1. The Labute approximate surface area is 151 Å². The Bertz CT molecular complexity index is 716. The lowest BCUT2D eigenvalue weighted by Crippen LogP contribution is -2.22. The van der Waals surface area contributed by atoms with Crippen molar-refractivity contribution in [1.29, 1.82) is 0 Å². The van der Waals surface area contributed by atoms with E-state index in [1.54, 1.807) is 19.1 Å². The highest BCUT2D eigenvalue weighted by atomic mass is 127. The van der Waals surface area contributed by atoms with Crippen molar-refractivity contribution in [3.63, 3.8) is 0 Å². The largest absolute Gasteiger partial charge is 0.493 e. The number of hydrogen-bond acceptors (Lipinski definition) is 6. The van der Waals surface area contributed by atoms with Gasteiger partial charge in [0.1, 0.15) is 5.70 Å². The lowest BCUT2D eigenvalue weighted by molar-refractivity contribution is -0.145. The van der Waals surface area contributed by atoms with Crippen molar-refractivity contribution in [2.24, 2.45) is 0 Å². The summed E-state index contributed by atoms with van der Waals surface area (Å²) in [5, 5.41) is 4.52. The van der Waals surface area contributed by atoms with E-state index >= 15 is 0 Å². The van der Waals surface area contributed by atoms with Crippen LogP contribution in [0.25, 0.3) is 6.08 Å². The van der Waals surface area contributed by atoms with Crippen molar-refractivity contribution in [2.45, 2.75) is 6.92 Å². The number of esters is 1. The summed E-state index contributed by atoms with van der Waals surface area (Å²) >= 11 is 2.02. The number of carbonyl (C=O) groups is 3. The molecular weight excluding hydrogens is 431 g/mol. The van der Waals surface area contributed by atoms with Gasteiger partial charge in [-0.15, -0.1) is 0 Å². The maximum atomic E-state index is 11.6. The Morgan fingerprint density at radius 1 is 1.29 bits per heavy atom. The molecule has 0 aromatic heterocycles. The van der Waals surface area contributed by atoms with Crippen molar-refractivity contribution in [2.75, 3.05) is 20.3 Å². The summed E-state index contributed by atoms with van der Waals surface area (Å²) in [7, 11) is 1.46. The number of carbonyl (C=O) groups excluding carboxylic acids is 3. The number of hydrogen-bond donors (Lipinski definition) is 2. The van der Waals surface area contributed by atoms with Gasteiger partial charge in [-0.25, -0.2) is 9.59 Å². The van der Waals surface area contributed by atoms with Crippen LogP contribution in [0.3, 0.4) is 0 Å². The number of amides is 3. The topological polar surface area (TPSA) is 103 Å². The highest BCUT2D eigenvalue weighted by Gasteiger charge is 2.23. The quantitative estimate of drug-likeness (QED) is 0.297. The van der Waals surface area contributed by atoms with E-state index in [1.165, 1.54) is 13.2 Å². The Kier molecular flexibility index (Phi) is 6.01. The number of imide groups is 1. The van der Waals surface area contributed by atoms with Gasteiger partial charge in [-0.3, -0.25) is 10.1 Å². The second-order valence-corrected chi connectivity index (χ2v) is 5.76. The SMILES string of the molecule is CCOC(=O)COc1c(I)cc(/C=C2/NC(=O)NC2=O)cc1OC. The Morgan fingerprint density at radius 3 is 2.62 bits per heavy atom. The number of benzene rings is 1. The first-order chi connectivity index (χ1) is 11.4. The van der Waals surface area contributed by atoms with Gasteiger partial charge in [-0.2, -0.15) is 0 Å². The second kappa shape index (κ2) is 7.99. The van der Waals surface area contributed by atoms with Crippen molar-refractivity contribution in [1.82, 2.24) is 10.6 Å². The fraction of sp³-hybridized carbons (Fsp3) is 0.267. The van der Waals surface area contributed by atoms with E-state index in [9.17, 15) is 14.4 Å². The molecule has 1 aliphatic rings. The van der Waals surface area contributed by atoms with Crippen LogP contribution in [-0.2, 0) is 14.3 Å². The smallest absolute Gasteiger partial charge is 0.344 e. The third kappa shape index (κ3) is 4.37. The van der Waals surface area contributed by atoms with Gasteiger partial charge in [0.2, 0.25) is 0 Å². The molecule has 1 aromatic carbocycles. The molecule has 0 atom stereocenters. The maximum absolute atomic E-state index is 11.6. The third-order valence-electron chi connectivity index (χ3n) is 2.92. The zero-order valence-electron chi connectivity index (χ0n) is 13.0. The summed E-state index contributed by atoms with van der Waals surface area (Å²) in [5.74, 6) is -0.195. The first-order valence-corrected chi connectivity index (χ1v) is 8.02. The maximum Gasteiger partial charge on any atom is 0.344 e. The molecule has 3 amide bonds. The Hall–Kier alpha value is -2.30. The lowest BCUT2D eigenvalue weighted by Gasteiger charge is -2.13. The molecule has 0 unspecified atom stereocenters. The zero-order chi connectivity index (χ0) is 17.7. The van der Waals surface area contributed by atoms with Gasteiger partial charge in [-0.1, -0.05) is 0 Å². The standard InChI is InChI=1S/C15H15IN2O6/c1-3-23-12(19)7-24-13-9(16)4-8(6-11(13)22-2)5-10-14(20)18-15(21)17-10/h4-6H,3,7H2,1-2H3,(H2,17,18,20,21)/b10-5+. The predicted octanol–water partition coefficient (Wildman–Crippen LogP) is 1.42. The molecule has 1 saturated heterocycles. The van der Waals surface area contributed by atoms with Crippen LogP contribution in [-0.4, -0.2) is 38.2 Å². The van der Waals surface area contributed by atoms with Gasteiger partial charge in [0.25, 0.3) is 5.91 Å². The minimum atomic E-state index is -0.567.